The normalized spacial score (nSPS) is 18.6. The summed E-state index contributed by atoms with van der Waals surface area (Å²) >= 11 is 0. The van der Waals surface area contributed by atoms with Crippen LogP contribution in [0.5, 0.6) is 0 Å². The van der Waals surface area contributed by atoms with Gasteiger partial charge in [0.1, 0.15) is 6.10 Å². The molecule has 0 spiro atoms. The molecule has 1 aliphatic heterocycles. The Balaban J connectivity index is 2.38. The van der Waals surface area contributed by atoms with Gasteiger partial charge in [0, 0.05) is 32.8 Å². The maximum absolute atomic E-state index is 12.3. The van der Waals surface area contributed by atoms with Crippen molar-refractivity contribution in [1.29, 1.82) is 0 Å². The van der Waals surface area contributed by atoms with Crippen LogP contribution >= 0.6 is 0 Å². The molecule has 1 saturated heterocycles. The summed E-state index contributed by atoms with van der Waals surface area (Å²) in [5, 5.41) is 0. The summed E-state index contributed by atoms with van der Waals surface area (Å²) in [6.45, 7) is 9.80. The highest BCUT2D eigenvalue weighted by Crippen LogP contribution is 2.08. The van der Waals surface area contributed by atoms with Crippen LogP contribution in [-0.2, 0) is 14.3 Å². The summed E-state index contributed by atoms with van der Waals surface area (Å²) < 4.78 is 5.62. The zero-order valence-corrected chi connectivity index (χ0v) is 13.5. The Morgan fingerprint density at radius 1 is 1.14 bits per heavy atom. The van der Waals surface area contributed by atoms with E-state index >= 15 is 0 Å². The van der Waals surface area contributed by atoms with Crippen LogP contribution in [0.25, 0.3) is 0 Å². The molecule has 1 unspecified atom stereocenters. The number of nitrogens with zero attached hydrogens (tertiary/aromatic N) is 2. The van der Waals surface area contributed by atoms with E-state index in [1.54, 1.807) is 0 Å². The van der Waals surface area contributed by atoms with Gasteiger partial charge in [0.15, 0.2) is 0 Å². The molecule has 2 amide bonds. The van der Waals surface area contributed by atoms with E-state index in [2.05, 4.69) is 13.8 Å². The summed E-state index contributed by atoms with van der Waals surface area (Å²) in [6, 6.07) is 0. The van der Waals surface area contributed by atoms with E-state index < -0.39 is 6.10 Å². The van der Waals surface area contributed by atoms with Crippen molar-refractivity contribution in [3.8, 4) is 0 Å². The van der Waals surface area contributed by atoms with Crippen molar-refractivity contribution in [3.63, 3.8) is 0 Å². The Labute approximate surface area is 127 Å². The summed E-state index contributed by atoms with van der Waals surface area (Å²) in [6.07, 6.45) is 1.42. The second-order valence-electron chi connectivity index (χ2n) is 6.12. The number of hydrogen-bond donors (Lipinski definition) is 1. The summed E-state index contributed by atoms with van der Waals surface area (Å²) in [4.78, 5) is 27.1. The van der Waals surface area contributed by atoms with E-state index in [-0.39, 0.29) is 18.4 Å². The lowest BCUT2D eigenvalue weighted by Gasteiger charge is -2.24. The number of primary amides is 1. The monoisotopic (exact) mass is 299 g/mol. The van der Waals surface area contributed by atoms with Crippen molar-refractivity contribution in [2.45, 2.75) is 39.7 Å². The number of carbonyl (C=O) groups excluding carboxylic acids is 2. The van der Waals surface area contributed by atoms with E-state index in [0.29, 0.717) is 32.2 Å². The van der Waals surface area contributed by atoms with Gasteiger partial charge >= 0.3 is 0 Å². The average molecular weight is 299 g/mol. The summed E-state index contributed by atoms with van der Waals surface area (Å²) in [7, 11) is 0. The van der Waals surface area contributed by atoms with Crippen LogP contribution < -0.4 is 5.73 Å². The van der Waals surface area contributed by atoms with Gasteiger partial charge < -0.3 is 15.4 Å². The molecule has 0 radical (unpaired) electrons. The Morgan fingerprint density at radius 3 is 2.48 bits per heavy atom. The molecule has 1 atom stereocenters. The molecule has 0 aromatic heterocycles. The van der Waals surface area contributed by atoms with Gasteiger partial charge in [0.25, 0.3) is 5.91 Å². The number of ether oxygens (including phenoxy) is 1. The van der Waals surface area contributed by atoms with Crippen LogP contribution in [-0.4, -0.2) is 67.0 Å². The molecule has 0 aliphatic carbocycles. The number of carbonyl (C=O) groups is 2. The van der Waals surface area contributed by atoms with E-state index in [4.69, 9.17) is 10.5 Å². The Hall–Kier alpha value is -1.14. The minimum Gasteiger partial charge on any atom is -0.369 e. The predicted molar refractivity (Wildman–Crippen MR) is 81.7 cm³/mol. The molecule has 0 saturated carbocycles. The lowest BCUT2D eigenvalue weighted by molar-refractivity contribution is -0.142. The van der Waals surface area contributed by atoms with Gasteiger partial charge in [-0.3, -0.25) is 14.5 Å². The Morgan fingerprint density at radius 2 is 1.86 bits per heavy atom. The molecule has 1 fully saturated rings. The van der Waals surface area contributed by atoms with Crippen molar-refractivity contribution in [3.05, 3.63) is 0 Å². The van der Waals surface area contributed by atoms with Crippen LogP contribution in [0.3, 0.4) is 0 Å². The largest absolute Gasteiger partial charge is 0.369 e. The lowest BCUT2D eigenvalue weighted by Crippen LogP contribution is -2.42. The van der Waals surface area contributed by atoms with Gasteiger partial charge in [-0.05, 0) is 25.7 Å². The van der Waals surface area contributed by atoms with E-state index in [9.17, 15) is 9.59 Å². The maximum Gasteiger partial charge on any atom is 0.251 e. The van der Waals surface area contributed by atoms with Crippen molar-refractivity contribution >= 4 is 11.8 Å². The minimum atomic E-state index is -0.397. The fourth-order valence-corrected chi connectivity index (χ4v) is 2.38. The first-order chi connectivity index (χ1) is 9.90. The van der Waals surface area contributed by atoms with Gasteiger partial charge in [-0.25, -0.2) is 0 Å². The second kappa shape index (κ2) is 9.00. The number of hydrogen-bond acceptors (Lipinski definition) is 4. The molecular formula is C15H29N3O3. The molecule has 6 heteroatoms. The number of nitrogens with two attached hydrogens (primary N) is 1. The molecular weight excluding hydrogens is 270 g/mol. The lowest BCUT2D eigenvalue weighted by atomic mass is 10.1. The van der Waals surface area contributed by atoms with Crippen LogP contribution in [0.1, 0.15) is 33.6 Å². The van der Waals surface area contributed by atoms with E-state index in [1.807, 2.05) is 16.7 Å². The van der Waals surface area contributed by atoms with Gasteiger partial charge in [0.2, 0.25) is 5.91 Å². The van der Waals surface area contributed by atoms with E-state index in [0.717, 1.165) is 19.4 Å². The van der Waals surface area contributed by atoms with Crippen molar-refractivity contribution in [2.24, 2.45) is 11.7 Å². The quantitative estimate of drug-likeness (QED) is 0.741. The first-order valence-corrected chi connectivity index (χ1v) is 7.81. The van der Waals surface area contributed by atoms with Crippen LogP contribution in [0.4, 0.5) is 0 Å². The number of rotatable bonds is 7. The van der Waals surface area contributed by atoms with Crippen LogP contribution in [0.2, 0.25) is 0 Å². The molecule has 0 aromatic carbocycles. The third-order valence-electron chi connectivity index (χ3n) is 3.69. The Kier molecular flexibility index (Phi) is 7.67. The topological polar surface area (TPSA) is 75.9 Å². The maximum atomic E-state index is 12.3. The second-order valence-corrected chi connectivity index (χ2v) is 6.12. The zero-order valence-electron chi connectivity index (χ0n) is 13.5. The summed E-state index contributed by atoms with van der Waals surface area (Å²) in [5.74, 6) is 0.299. The van der Waals surface area contributed by atoms with E-state index in [1.165, 1.54) is 0 Å². The molecule has 122 valence electrons. The summed E-state index contributed by atoms with van der Waals surface area (Å²) in [5.41, 5.74) is 5.22. The highest BCUT2D eigenvalue weighted by atomic mass is 16.5. The number of amides is 2. The first kappa shape index (κ1) is 17.9. The van der Waals surface area contributed by atoms with Gasteiger partial charge in [-0.1, -0.05) is 13.8 Å². The van der Waals surface area contributed by atoms with Crippen LogP contribution in [0.15, 0.2) is 0 Å². The first-order valence-electron chi connectivity index (χ1n) is 7.81. The third-order valence-corrected chi connectivity index (χ3v) is 3.69. The van der Waals surface area contributed by atoms with Crippen molar-refractivity contribution in [1.82, 2.24) is 9.80 Å². The van der Waals surface area contributed by atoms with Gasteiger partial charge in [0.05, 0.1) is 6.54 Å². The molecule has 21 heavy (non-hydrogen) atoms. The fraction of sp³-hybridized carbons (Fsp3) is 0.867. The average Bonchev–Trinajstić information content (AvgIpc) is 2.62. The molecule has 1 rings (SSSR count). The molecule has 1 aliphatic rings. The smallest absolute Gasteiger partial charge is 0.251 e. The molecule has 6 nitrogen and oxygen atoms in total. The predicted octanol–water partition coefficient (Wildman–Crippen LogP) is 0.457. The highest BCUT2D eigenvalue weighted by Gasteiger charge is 2.24. The van der Waals surface area contributed by atoms with Gasteiger partial charge in [-0.15, -0.1) is 0 Å². The van der Waals surface area contributed by atoms with Gasteiger partial charge in [-0.2, -0.15) is 0 Å². The standard InChI is InChI=1S/C15H29N3O3/c1-12(2)5-10-21-13(3)15(20)18-7-4-6-17(8-9-18)11-14(16)19/h12-13H,4-11H2,1-3H3,(H2,16,19). The molecule has 0 bridgehead atoms. The Bertz CT molecular complexity index is 347. The molecule has 1 heterocycles. The van der Waals surface area contributed by atoms with Crippen molar-refractivity contribution in [2.75, 3.05) is 39.3 Å². The molecule has 0 aromatic rings. The SMILES string of the molecule is CC(C)CCOC(C)C(=O)N1CCCN(CC(N)=O)CC1. The fourth-order valence-electron chi connectivity index (χ4n) is 2.38. The van der Waals surface area contributed by atoms with Crippen molar-refractivity contribution < 1.29 is 14.3 Å². The minimum absolute atomic E-state index is 0.0414. The molecule has 2 N–H and O–H groups in total. The zero-order chi connectivity index (χ0) is 15.8. The van der Waals surface area contributed by atoms with Crippen LogP contribution in [0, 0.1) is 5.92 Å². The highest BCUT2D eigenvalue weighted by molar-refractivity contribution is 5.80. The third kappa shape index (κ3) is 6.91.